The molecule has 0 aromatic heterocycles. The number of ether oxygens (including phenoxy) is 1. The van der Waals surface area contributed by atoms with E-state index in [1.54, 1.807) is 17.9 Å². The molecule has 0 saturated carbocycles. The first kappa shape index (κ1) is 14.3. The number of hydrogen-bond donors (Lipinski definition) is 0. The number of nitrogens with zero attached hydrogens (tertiary/aromatic N) is 1. The van der Waals surface area contributed by atoms with Crippen molar-refractivity contribution in [2.45, 2.75) is 11.8 Å². The van der Waals surface area contributed by atoms with Gasteiger partial charge in [0, 0.05) is 29.3 Å². The van der Waals surface area contributed by atoms with Crippen LogP contribution < -0.4 is 0 Å². The van der Waals surface area contributed by atoms with E-state index in [0.29, 0.717) is 37.4 Å². The van der Waals surface area contributed by atoms with Gasteiger partial charge in [-0.2, -0.15) is 0 Å². The second-order valence-corrected chi connectivity index (χ2v) is 6.86. The third-order valence-corrected chi connectivity index (χ3v) is 4.46. The van der Waals surface area contributed by atoms with Crippen LogP contribution in [0.4, 0.5) is 0 Å². The molecule has 1 heterocycles. The molecule has 2 rings (SSSR count). The Morgan fingerprint density at radius 2 is 1.95 bits per heavy atom. The highest BCUT2D eigenvalue weighted by Gasteiger charge is 2.20. The van der Waals surface area contributed by atoms with Gasteiger partial charge in [-0.15, -0.1) is 0 Å². The van der Waals surface area contributed by atoms with Crippen LogP contribution in [0.1, 0.15) is 15.9 Å². The monoisotopic (exact) mass is 303 g/mol. The maximum Gasteiger partial charge on any atom is 0.261 e. The largest absolute Gasteiger partial charge is 0.378 e. The third kappa shape index (κ3) is 3.26. The van der Waals surface area contributed by atoms with Crippen molar-refractivity contribution in [1.82, 2.24) is 4.90 Å². The lowest BCUT2D eigenvalue weighted by atomic mass is 10.1. The lowest BCUT2D eigenvalue weighted by Gasteiger charge is -2.27. The van der Waals surface area contributed by atoms with Crippen molar-refractivity contribution >= 4 is 25.6 Å². The Kier molecular flexibility index (Phi) is 4.13. The molecule has 0 unspecified atom stereocenters. The van der Waals surface area contributed by atoms with Crippen LogP contribution in [0.5, 0.6) is 0 Å². The number of hydrogen-bond acceptors (Lipinski definition) is 4. The first-order valence-electron chi connectivity index (χ1n) is 5.82. The average Bonchev–Trinajstić information content (AvgIpc) is 2.37. The van der Waals surface area contributed by atoms with Gasteiger partial charge in [0.2, 0.25) is 0 Å². The molecule has 1 aromatic rings. The van der Waals surface area contributed by atoms with Crippen molar-refractivity contribution < 1.29 is 17.9 Å². The molecular weight excluding hydrogens is 290 g/mol. The van der Waals surface area contributed by atoms with Crippen LogP contribution in [0.25, 0.3) is 0 Å². The van der Waals surface area contributed by atoms with Crippen molar-refractivity contribution in [3.63, 3.8) is 0 Å². The number of carbonyl (C=O) groups excluding carboxylic acids is 1. The van der Waals surface area contributed by atoms with Crippen LogP contribution in [-0.4, -0.2) is 45.5 Å². The number of benzene rings is 1. The van der Waals surface area contributed by atoms with Crippen molar-refractivity contribution in [2.75, 3.05) is 26.3 Å². The molecule has 0 aliphatic carbocycles. The number of halogens is 1. The molecule has 0 radical (unpaired) electrons. The fraction of sp³-hybridized carbons (Fsp3) is 0.417. The zero-order valence-electron chi connectivity index (χ0n) is 10.4. The molecular formula is C12H14ClNO4S. The van der Waals surface area contributed by atoms with Gasteiger partial charge in [-0.25, -0.2) is 8.42 Å². The minimum absolute atomic E-state index is 0.0349. The molecule has 19 heavy (non-hydrogen) atoms. The minimum Gasteiger partial charge on any atom is -0.378 e. The normalized spacial score (nSPS) is 16.4. The summed E-state index contributed by atoms with van der Waals surface area (Å²) < 4.78 is 27.8. The Labute approximate surface area is 116 Å². The Morgan fingerprint density at radius 1 is 1.32 bits per heavy atom. The topological polar surface area (TPSA) is 63.7 Å². The van der Waals surface area contributed by atoms with E-state index in [2.05, 4.69) is 0 Å². The van der Waals surface area contributed by atoms with Gasteiger partial charge >= 0.3 is 0 Å². The van der Waals surface area contributed by atoms with Gasteiger partial charge in [0.15, 0.2) is 0 Å². The lowest BCUT2D eigenvalue weighted by Crippen LogP contribution is -2.40. The Hall–Kier alpha value is -1.11. The summed E-state index contributed by atoms with van der Waals surface area (Å²) in [7, 11) is 1.53. The summed E-state index contributed by atoms with van der Waals surface area (Å²) in [4.78, 5) is 13.9. The molecule has 104 valence electrons. The van der Waals surface area contributed by atoms with Gasteiger partial charge in [0.25, 0.3) is 15.0 Å². The molecule has 1 amide bonds. The number of aryl methyl sites for hydroxylation is 1. The highest BCUT2D eigenvalue weighted by atomic mass is 35.7. The standard InChI is InChI=1S/C12H14ClNO4S/c1-9-8-10(2-3-11(9)19(13,16)17)12(15)14-4-6-18-7-5-14/h2-3,8H,4-7H2,1H3. The van der Waals surface area contributed by atoms with E-state index in [-0.39, 0.29) is 10.8 Å². The Morgan fingerprint density at radius 3 is 2.47 bits per heavy atom. The van der Waals surface area contributed by atoms with Gasteiger partial charge in [-0.3, -0.25) is 4.79 Å². The number of carbonyl (C=O) groups is 1. The van der Waals surface area contributed by atoms with Crippen molar-refractivity contribution in [3.05, 3.63) is 29.3 Å². The maximum atomic E-state index is 12.2. The van der Waals surface area contributed by atoms with Gasteiger partial charge in [-0.1, -0.05) is 0 Å². The third-order valence-electron chi connectivity index (χ3n) is 2.98. The van der Waals surface area contributed by atoms with E-state index < -0.39 is 9.05 Å². The van der Waals surface area contributed by atoms with Crippen LogP contribution >= 0.6 is 10.7 Å². The molecule has 1 aromatic carbocycles. The van der Waals surface area contributed by atoms with Crippen LogP contribution in [0.2, 0.25) is 0 Å². The summed E-state index contributed by atoms with van der Waals surface area (Å²) in [6, 6.07) is 4.40. The zero-order valence-corrected chi connectivity index (χ0v) is 12.0. The molecule has 0 bridgehead atoms. The predicted octanol–water partition coefficient (Wildman–Crippen LogP) is 1.39. The summed E-state index contributed by atoms with van der Waals surface area (Å²) in [6.07, 6.45) is 0. The van der Waals surface area contributed by atoms with Gasteiger partial charge in [-0.05, 0) is 30.7 Å². The Balaban J connectivity index is 2.27. The van der Waals surface area contributed by atoms with Gasteiger partial charge in [0.05, 0.1) is 18.1 Å². The van der Waals surface area contributed by atoms with Crippen molar-refractivity contribution in [2.24, 2.45) is 0 Å². The van der Waals surface area contributed by atoms with E-state index in [1.807, 2.05) is 0 Å². The molecule has 0 N–H and O–H groups in total. The highest BCUT2D eigenvalue weighted by Crippen LogP contribution is 2.21. The van der Waals surface area contributed by atoms with Crippen molar-refractivity contribution in [3.8, 4) is 0 Å². The van der Waals surface area contributed by atoms with Crippen LogP contribution in [0, 0.1) is 6.92 Å². The van der Waals surface area contributed by atoms with E-state index in [1.165, 1.54) is 12.1 Å². The SMILES string of the molecule is Cc1cc(C(=O)N2CCOCC2)ccc1S(=O)(=O)Cl. The van der Waals surface area contributed by atoms with Gasteiger partial charge < -0.3 is 9.64 Å². The quantitative estimate of drug-likeness (QED) is 0.775. The highest BCUT2D eigenvalue weighted by molar-refractivity contribution is 8.13. The fourth-order valence-corrected chi connectivity index (χ4v) is 3.20. The summed E-state index contributed by atoms with van der Waals surface area (Å²) in [6.45, 7) is 3.77. The molecule has 1 fully saturated rings. The molecule has 1 aliphatic heterocycles. The number of rotatable bonds is 2. The maximum absolute atomic E-state index is 12.2. The summed E-state index contributed by atoms with van der Waals surface area (Å²) >= 11 is 0. The summed E-state index contributed by atoms with van der Waals surface area (Å²) in [5.74, 6) is -0.120. The van der Waals surface area contributed by atoms with E-state index in [0.717, 1.165) is 0 Å². The number of amides is 1. The van der Waals surface area contributed by atoms with Crippen LogP contribution in [0.3, 0.4) is 0 Å². The second kappa shape index (κ2) is 5.48. The molecule has 1 aliphatic rings. The zero-order chi connectivity index (χ0) is 14.0. The van der Waals surface area contributed by atoms with E-state index in [9.17, 15) is 13.2 Å². The van der Waals surface area contributed by atoms with Crippen LogP contribution in [0.15, 0.2) is 23.1 Å². The van der Waals surface area contributed by atoms with Crippen molar-refractivity contribution in [1.29, 1.82) is 0 Å². The molecule has 7 heteroatoms. The first-order valence-corrected chi connectivity index (χ1v) is 8.13. The van der Waals surface area contributed by atoms with E-state index in [4.69, 9.17) is 15.4 Å². The second-order valence-electron chi connectivity index (χ2n) is 4.32. The molecule has 5 nitrogen and oxygen atoms in total. The molecule has 0 atom stereocenters. The van der Waals surface area contributed by atoms with Crippen LogP contribution in [-0.2, 0) is 13.8 Å². The first-order chi connectivity index (χ1) is 8.89. The molecule has 1 saturated heterocycles. The average molecular weight is 304 g/mol. The lowest BCUT2D eigenvalue weighted by molar-refractivity contribution is 0.0303. The van der Waals surface area contributed by atoms with Gasteiger partial charge in [0.1, 0.15) is 0 Å². The fourth-order valence-electron chi connectivity index (χ4n) is 2.01. The smallest absolute Gasteiger partial charge is 0.261 e. The Bertz CT molecular complexity index is 594. The minimum atomic E-state index is -3.77. The molecule has 0 spiro atoms. The number of morpholine rings is 1. The predicted molar refractivity (Wildman–Crippen MR) is 70.9 cm³/mol. The summed E-state index contributed by atoms with van der Waals surface area (Å²) in [5.41, 5.74) is 0.928. The van der Waals surface area contributed by atoms with E-state index >= 15 is 0 Å². The summed E-state index contributed by atoms with van der Waals surface area (Å²) in [5, 5.41) is 0.